The van der Waals surface area contributed by atoms with E-state index in [0.29, 0.717) is 21.0 Å². The van der Waals surface area contributed by atoms with Gasteiger partial charge in [0.25, 0.3) is 0 Å². The normalized spacial score (nSPS) is 34.5. The summed E-state index contributed by atoms with van der Waals surface area (Å²) in [6.07, 6.45) is 3.74. The number of halogens is 3. The Morgan fingerprint density at radius 2 is 2.05 bits per heavy atom. The van der Waals surface area contributed by atoms with Gasteiger partial charge in [-0.1, -0.05) is 32.4 Å². The molecule has 0 saturated heterocycles. The van der Waals surface area contributed by atoms with Crippen LogP contribution in [0, 0.1) is 22.6 Å². The molecule has 3 rings (SSSR count). The number of hydrogen-bond acceptors (Lipinski definition) is 1. The third-order valence-electron chi connectivity index (χ3n) is 6.12. The molecule has 2 fully saturated rings. The maximum Gasteiger partial charge on any atom is 0.125 e. The molecule has 2 saturated carbocycles. The summed E-state index contributed by atoms with van der Waals surface area (Å²) in [6, 6.07) is 3.24. The minimum atomic E-state index is -0.313. The lowest BCUT2D eigenvalue weighted by Crippen LogP contribution is -2.40. The Hall–Kier alpha value is -0.280. The molecular formula is C16H20BrClFN. The van der Waals surface area contributed by atoms with Gasteiger partial charge in [-0.2, -0.15) is 0 Å². The fourth-order valence-electron chi connectivity index (χ4n) is 4.28. The van der Waals surface area contributed by atoms with Gasteiger partial charge in [-0.25, -0.2) is 4.39 Å². The van der Waals surface area contributed by atoms with Crippen molar-refractivity contribution in [1.29, 1.82) is 0 Å². The Kier molecular flexibility index (Phi) is 3.37. The summed E-state index contributed by atoms with van der Waals surface area (Å²) in [5.74, 6) is 0.454. The van der Waals surface area contributed by atoms with E-state index < -0.39 is 0 Å². The fraction of sp³-hybridized carbons (Fsp3) is 0.625. The lowest BCUT2D eigenvalue weighted by molar-refractivity contribution is 0.142. The molecule has 0 spiro atoms. The van der Waals surface area contributed by atoms with Gasteiger partial charge in [-0.15, -0.1) is 0 Å². The topological polar surface area (TPSA) is 12.0 Å². The van der Waals surface area contributed by atoms with Crippen LogP contribution in [0.2, 0.25) is 5.02 Å². The van der Waals surface area contributed by atoms with E-state index in [4.69, 9.17) is 11.6 Å². The first-order chi connectivity index (χ1) is 9.25. The smallest absolute Gasteiger partial charge is 0.125 e. The average Bonchev–Trinajstić information content (AvgIpc) is 2.66. The fourth-order valence-corrected chi connectivity index (χ4v) is 5.20. The van der Waals surface area contributed by atoms with Gasteiger partial charge in [0.05, 0.1) is 10.7 Å². The van der Waals surface area contributed by atoms with E-state index in [-0.39, 0.29) is 11.2 Å². The van der Waals surface area contributed by atoms with Crippen LogP contribution in [0.15, 0.2) is 16.6 Å². The first kappa shape index (κ1) is 14.6. The molecule has 1 aromatic carbocycles. The van der Waals surface area contributed by atoms with E-state index >= 15 is 0 Å². The maximum absolute atomic E-state index is 13.3. The zero-order valence-electron chi connectivity index (χ0n) is 12.1. The highest BCUT2D eigenvalue weighted by atomic mass is 79.9. The van der Waals surface area contributed by atoms with Crippen molar-refractivity contribution >= 4 is 33.2 Å². The van der Waals surface area contributed by atoms with E-state index in [0.717, 1.165) is 11.6 Å². The molecule has 0 amide bonds. The SMILES string of the molecule is CC1(C)C2CCC1(C)C(Nc1c(Cl)cc(F)cc1Br)C2. The average molecular weight is 361 g/mol. The predicted octanol–water partition coefficient (Wildman–Crippen LogP) is 5.87. The van der Waals surface area contributed by atoms with Crippen molar-refractivity contribution in [2.75, 3.05) is 5.32 Å². The number of anilines is 1. The summed E-state index contributed by atoms with van der Waals surface area (Å²) in [6.45, 7) is 7.14. The number of benzene rings is 1. The number of nitrogens with one attached hydrogen (secondary N) is 1. The second kappa shape index (κ2) is 4.61. The largest absolute Gasteiger partial charge is 0.380 e. The lowest BCUT2D eigenvalue weighted by Gasteiger charge is -2.40. The summed E-state index contributed by atoms with van der Waals surface area (Å²) >= 11 is 9.62. The van der Waals surface area contributed by atoms with Gasteiger partial charge in [-0.3, -0.25) is 0 Å². The molecule has 110 valence electrons. The van der Waals surface area contributed by atoms with Crippen molar-refractivity contribution in [3.8, 4) is 0 Å². The predicted molar refractivity (Wildman–Crippen MR) is 85.7 cm³/mol. The van der Waals surface area contributed by atoms with Gasteiger partial charge in [0.15, 0.2) is 0 Å². The molecule has 2 bridgehead atoms. The summed E-state index contributed by atoms with van der Waals surface area (Å²) in [7, 11) is 0. The van der Waals surface area contributed by atoms with Gasteiger partial charge in [0.1, 0.15) is 5.82 Å². The molecule has 0 aromatic heterocycles. The quantitative estimate of drug-likeness (QED) is 0.695. The molecule has 3 unspecified atom stereocenters. The van der Waals surface area contributed by atoms with Crippen LogP contribution in [0.3, 0.4) is 0 Å². The molecule has 1 aromatic rings. The second-order valence-corrected chi connectivity index (χ2v) is 8.31. The summed E-state index contributed by atoms with van der Waals surface area (Å²) < 4.78 is 14.0. The Labute approximate surface area is 133 Å². The minimum absolute atomic E-state index is 0.273. The van der Waals surface area contributed by atoms with E-state index in [2.05, 4.69) is 42.0 Å². The van der Waals surface area contributed by atoms with Gasteiger partial charge in [-0.05, 0) is 64.1 Å². The third kappa shape index (κ3) is 1.93. The molecule has 1 N–H and O–H groups in total. The Balaban J connectivity index is 1.91. The minimum Gasteiger partial charge on any atom is -0.380 e. The van der Waals surface area contributed by atoms with Crippen molar-refractivity contribution in [1.82, 2.24) is 0 Å². The zero-order valence-corrected chi connectivity index (χ0v) is 14.4. The van der Waals surface area contributed by atoms with Gasteiger partial charge in [0, 0.05) is 10.5 Å². The summed E-state index contributed by atoms with van der Waals surface area (Å²) in [5.41, 5.74) is 1.45. The zero-order chi connectivity index (χ0) is 14.7. The van der Waals surface area contributed by atoms with Crippen molar-refractivity contribution in [2.45, 2.75) is 46.1 Å². The van der Waals surface area contributed by atoms with Crippen LogP contribution in [0.25, 0.3) is 0 Å². The second-order valence-electron chi connectivity index (χ2n) is 7.05. The van der Waals surface area contributed by atoms with Crippen LogP contribution in [0.4, 0.5) is 10.1 Å². The Morgan fingerprint density at radius 1 is 1.35 bits per heavy atom. The van der Waals surface area contributed by atoms with Crippen LogP contribution in [-0.4, -0.2) is 6.04 Å². The van der Waals surface area contributed by atoms with Crippen molar-refractivity contribution < 1.29 is 4.39 Å². The van der Waals surface area contributed by atoms with Crippen molar-refractivity contribution in [3.63, 3.8) is 0 Å². The van der Waals surface area contributed by atoms with Gasteiger partial charge >= 0.3 is 0 Å². The van der Waals surface area contributed by atoms with E-state index in [1.165, 1.54) is 31.4 Å². The lowest BCUT2D eigenvalue weighted by atomic mass is 9.69. The number of hydrogen-bond donors (Lipinski definition) is 1. The molecule has 0 heterocycles. The molecule has 0 aliphatic heterocycles. The van der Waals surface area contributed by atoms with Crippen LogP contribution in [0.1, 0.15) is 40.0 Å². The number of fused-ring (bicyclic) bond motifs is 2. The van der Waals surface area contributed by atoms with Gasteiger partial charge < -0.3 is 5.32 Å². The molecule has 2 aliphatic carbocycles. The molecule has 3 atom stereocenters. The van der Waals surface area contributed by atoms with Crippen molar-refractivity contribution in [3.05, 3.63) is 27.4 Å². The first-order valence-electron chi connectivity index (χ1n) is 7.17. The van der Waals surface area contributed by atoms with E-state index in [1.54, 1.807) is 0 Å². The summed E-state index contributed by atoms with van der Waals surface area (Å²) in [4.78, 5) is 0. The first-order valence-corrected chi connectivity index (χ1v) is 8.34. The van der Waals surface area contributed by atoms with Crippen LogP contribution in [0.5, 0.6) is 0 Å². The molecule has 20 heavy (non-hydrogen) atoms. The molecule has 2 aliphatic rings. The molecule has 1 nitrogen and oxygen atoms in total. The van der Waals surface area contributed by atoms with Crippen LogP contribution in [-0.2, 0) is 0 Å². The Morgan fingerprint density at radius 3 is 2.55 bits per heavy atom. The number of rotatable bonds is 2. The highest BCUT2D eigenvalue weighted by Crippen LogP contribution is 2.66. The van der Waals surface area contributed by atoms with Crippen LogP contribution < -0.4 is 5.32 Å². The van der Waals surface area contributed by atoms with Crippen LogP contribution >= 0.6 is 27.5 Å². The highest BCUT2D eigenvalue weighted by molar-refractivity contribution is 9.10. The van der Waals surface area contributed by atoms with Gasteiger partial charge in [0.2, 0.25) is 0 Å². The maximum atomic E-state index is 13.3. The molecular weight excluding hydrogens is 341 g/mol. The monoisotopic (exact) mass is 359 g/mol. The van der Waals surface area contributed by atoms with E-state index in [9.17, 15) is 4.39 Å². The standard InChI is InChI=1S/C16H20BrClFN/c1-15(2)9-4-5-16(15,3)13(6-9)20-14-11(17)7-10(19)8-12(14)18/h7-9,13,20H,4-6H2,1-3H3. The van der Waals surface area contributed by atoms with Crippen molar-refractivity contribution in [2.24, 2.45) is 16.7 Å². The highest BCUT2D eigenvalue weighted by Gasteiger charge is 2.61. The molecule has 0 radical (unpaired) electrons. The molecule has 4 heteroatoms. The van der Waals surface area contributed by atoms with E-state index in [1.807, 2.05) is 0 Å². The Bertz CT molecular complexity index is 536. The third-order valence-corrected chi connectivity index (χ3v) is 7.04. The summed E-state index contributed by atoms with van der Waals surface area (Å²) in [5, 5.41) is 4.03.